The van der Waals surface area contributed by atoms with E-state index >= 15 is 0 Å². The highest BCUT2D eigenvalue weighted by atomic mass is 32.2. The van der Waals surface area contributed by atoms with Crippen LogP contribution in [0, 0.1) is 27.7 Å². The molecular formula is C37H39NO2S. The predicted molar refractivity (Wildman–Crippen MR) is 174 cm³/mol. The smallest absolute Gasteiger partial charge is 0.183 e. The zero-order valence-electron chi connectivity index (χ0n) is 25.1. The Morgan fingerprint density at radius 2 is 1.32 bits per heavy atom. The normalized spacial score (nSPS) is 13.8. The molecule has 4 heteroatoms. The maximum absolute atomic E-state index is 13.9. The van der Waals surface area contributed by atoms with Gasteiger partial charge in [-0.15, -0.1) is 0 Å². The Kier molecular flexibility index (Phi) is 7.56. The average molecular weight is 562 g/mol. The van der Waals surface area contributed by atoms with E-state index in [1.165, 1.54) is 11.1 Å². The first-order valence-electron chi connectivity index (χ1n) is 14.1. The summed E-state index contributed by atoms with van der Waals surface area (Å²) in [5.41, 5.74) is 11.5. The lowest BCUT2D eigenvalue weighted by Crippen LogP contribution is -2.25. The van der Waals surface area contributed by atoms with Gasteiger partial charge in [0, 0.05) is 5.70 Å². The molecular weight excluding hydrogens is 522 g/mol. The molecule has 1 heterocycles. The standard InChI is InChI=1S/C37H39NO2S/c1-25-12-18-34(19-13-25)41(39,40)24-33-23-31(29-14-16-32(17-15-29)37(5,6)7)22-30-10-8-9-11-35(30)38(33)36-27(3)20-26(2)21-28(36)4/h8-23H,24H2,1-7H3. The molecule has 210 valence electrons. The van der Waals surface area contributed by atoms with Crippen molar-refractivity contribution in [3.05, 3.63) is 136 Å². The molecule has 0 spiro atoms. The van der Waals surface area contributed by atoms with Crippen molar-refractivity contribution >= 4 is 32.9 Å². The molecule has 41 heavy (non-hydrogen) atoms. The number of allylic oxidation sites excluding steroid dienone is 2. The van der Waals surface area contributed by atoms with Crippen LogP contribution in [0.3, 0.4) is 0 Å². The summed E-state index contributed by atoms with van der Waals surface area (Å²) in [6.07, 6.45) is 4.25. The second-order valence-corrected chi connectivity index (χ2v) is 14.3. The number of para-hydroxylation sites is 1. The molecule has 0 radical (unpaired) electrons. The quantitative estimate of drug-likeness (QED) is 0.244. The number of aryl methyl sites for hydroxylation is 4. The molecule has 0 saturated heterocycles. The van der Waals surface area contributed by atoms with E-state index < -0.39 is 9.84 Å². The van der Waals surface area contributed by atoms with Gasteiger partial charge in [-0.05, 0) is 96.9 Å². The van der Waals surface area contributed by atoms with Gasteiger partial charge in [-0.25, -0.2) is 8.42 Å². The third-order valence-corrected chi connectivity index (χ3v) is 9.43. The summed E-state index contributed by atoms with van der Waals surface area (Å²) in [4.78, 5) is 2.50. The second kappa shape index (κ2) is 10.8. The van der Waals surface area contributed by atoms with E-state index in [2.05, 4.69) is 107 Å². The highest BCUT2D eigenvalue weighted by Crippen LogP contribution is 2.42. The number of fused-ring (bicyclic) bond motifs is 1. The van der Waals surface area contributed by atoms with Crippen molar-refractivity contribution in [3.8, 4) is 0 Å². The van der Waals surface area contributed by atoms with Crippen LogP contribution in [0.4, 0.5) is 11.4 Å². The number of sulfone groups is 1. The Morgan fingerprint density at radius 3 is 1.93 bits per heavy atom. The second-order valence-electron chi connectivity index (χ2n) is 12.3. The van der Waals surface area contributed by atoms with Crippen molar-refractivity contribution in [3.63, 3.8) is 0 Å². The number of nitrogens with zero attached hydrogens (tertiary/aromatic N) is 1. The van der Waals surface area contributed by atoms with E-state index in [0.29, 0.717) is 4.90 Å². The minimum atomic E-state index is -3.64. The Bertz CT molecular complexity index is 1750. The largest absolute Gasteiger partial charge is 0.312 e. The molecule has 4 aromatic carbocycles. The van der Waals surface area contributed by atoms with Crippen LogP contribution in [0.2, 0.25) is 0 Å². The van der Waals surface area contributed by atoms with Crippen molar-refractivity contribution in [1.29, 1.82) is 0 Å². The third kappa shape index (κ3) is 5.94. The van der Waals surface area contributed by atoms with Crippen LogP contribution < -0.4 is 4.90 Å². The SMILES string of the molecule is Cc1ccc(S(=O)(=O)CC2=CC(c3ccc(C(C)(C)C)cc3)=Cc3ccccc3N2c2c(C)cc(C)cc2C)cc1. The van der Waals surface area contributed by atoms with Crippen LogP contribution in [0.5, 0.6) is 0 Å². The van der Waals surface area contributed by atoms with Crippen LogP contribution in [0.25, 0.3) is 11.6 Å². The number of rotatable bonds is 5. The molecule has 1 aliphatic rings. The van der Waals surface area contributed by atoms with E-state index in [9.17, 15) is 8.42 Å². The Labute approximate surface area is 245 Å². The summed E-state index contributed by atoms with van der Waals surface area (Å²) in [7, 11) is -3.64. The van der Waals surface area contributed by atoms with Crippen molar-refractivity contribution in [2.24, 2.45) is 0 Å². The first-order valence-corrected chi connectivity index (χ1v) is 15.8. The summed E-state index contributed by atoms with van der Waals surface area (Å²) in [6.45, 7) is 14.9. The summed E-state index contributed by atoms with van der Waals surface area (Å²) in [6, 6.07) is 28.4. The molecule has 0 fully saturated rings. The van der Waals surface area contributed by atoms with Gasteiger partial charge in [0.25, 0.3) is 0 Å². The van der Waals surface area contributed by atoms with Gasteiger partial charge < -0.3 is 4.90 Å². The van der Waals surface area contributed by atoms with Crippen LogP contribution in [0.15, 0.2) is 102 Å². The molecule has 0 bridgehead atoms. The lowest BCUT2D eigenvalue weighted by molar-refractivity contribution is 0.590. The highest BCUT2D eigenvalue weighted by Gasteiger charge is 2.28. The molecule has 0 aromatic heterocycles. The van der Waals surface area contributed by atoms with E-state index in [-0.39, 0.29) is 11.2 Å². The molecule has 3 nitrogen and oxygen atoms in total. The summed E-state index contributed by atoms with van der Waals surface area (Å²) in [5.74, 6) is -0.130. The van der Waals surface area contributed by atoms with Crippen LogP contribution in [-0.2, 0) is 15.3 Å². The molecule has 0 atom stereocenters. The number of benzene rings is 4. The van der Waals surface area contributed by atoms with E-state index in [1.807, 2.05) is 31.2 Å². The predicted octanol–water partition coefficient (Wildman–Crippen LogP) is 9.27. The van der Waals surface area contributed by atoms with Crippen LogP contribution in [0.1, 0.15) is 59.7 Å². The summed E-state index contributed by atoms with van der Waals surface area (Å²) >= 11 is 0. The van der Waals surface area contributed by atoms with Crippen molar-refractivity contribution < 1.29 is 8.42 Å². The average Bonchev–Trinajstić information content (AvgIpc) is 3.05. The van der Waals surface area contributed by atoms with Gasteiger partial charge in [-0.3, -0.25) is 0 Å². The van der Waals surface area contributed by atoms with Crippen molar-refractivity contribution in [1.82, 2.24) is 0 Å². The zero-order chi connectivity index (χ0) is 29.5. The molecule has 0 unspecified atom stereocenters. The molecule has 0 aliphatic carbocycles. The third-order valence-electron chi connectivity index (χ3n) is 7.76. The minimum absolute atomic E-state index is 0.0450. The maximum atomic E-state index is 13.9. The fourth-order valence-electron chi connectivity index (χ4n) is 5.67. The van der Waals surface area contributed by atoms with Gasteiger partial charge >= 0.3 is 0 Å². The zero-order valence-corrected chi connectivity index (χ0v) is 25.9. The molecule has 0 amide bonds. The van der Waals surface area contributed by atoms with Gasteiger partial charge in [0.1, 0.15) is 0 Å². The molecule has 1 aliphatic heterocycles. The van der Waals surface area contributed by atoms with E-state index in [0.717, 1.165) is 50.5 Å². The van der Waals surface area contributed by atoms with Gasteiger partial charge in [0.05, 0.1) is 22.0 Å². The lowest BCUT2D eigenvalue weighted by atomic mass is 9.86. The van der Waals surface area contributed by atoms with Gasteiger partial charge in [-0.1, -0.05) is 98.6 Å². The van der Waals surface area contributed by atoms with Gasteiger partial charge in [-0.2, -0.15) is 0 Å². The topological polar surface area (TPSA) is 37.4 Å². The van der Waals surface area contributed by atoms with Gasteiger partial charge in [0.2, 0.25) is 0 Å². The van der Waals surface area contributed by atoms with Crippen LogP contribution >= 0.6 is 0 Å². The van der Waals surface area contributed by atoms with E-state index in [4.69, 9.17) is 0 Å². The number of hydrogen-bond acceptors (Lipinski definition) is 3. The first-order chi connectivity index (χ1) is 19.3. The molecule has 5 rings (SSSR count). The summed E-state index contributed by atoms with van der Waals surface area (Å²) < 4.78 is 27.9. The minimum Gasteiger partial charge on any atom is -0.312 e. The Hall–Kier alpha value is -3.89. The fraction of sp³-hybridized carbons (Fsp3) is 0.243. The maximum Gasteiger partial charge on any atom is 0.183 e. The van der Waals surface area contributed by atoms with Crippen molar-refractivity contribution in [2.45, 2.75) is 58.8 Å². The highest BCUT2D eigenvalue weighted by molar-refractivity contribution is 7.91. The first kappa shape index (κ1) is 28.6. The lowest BCUT2D eigenvalue weighted by Gasteiger charge is -2.31. The monoisotopic (exact) mass is 561 g/mol. The number of hydrogen-bond donors (Lipinski definition) is 0. The Morgan fingerprint density at radius 1 is 0.707 bits per heavy atom. The van der Waals surface area contributed by atoms with Gasteiger partial charge in [0.15, 0.2) is 9.84 Å². The molecule has 0 saturated carbocycles. The fourth-order valence-corrected chi connectivity index (χ4v) is 6.99. The summed E-state index contributed by atoms with van der Waals surface area (Å²) in [5, 5.41) is 0. The number of anilines is 2. The molecule has 0 N–H and O–H groups in total. The van der Waals surface area contributed by atoms with Crippen molar-refractivity contribution in [2.75, 3.05) is 10.7 Å². The van der Waals surface area contributed by atoms with Crippen LogP contribution in [-0.4, -0.2) is 14.2 Å². The molecule has 4 aromatic rings. The van der Waals surface area contributed by atoms with E-state index in [1.54, 1.807) is 12.1 Å². The Balaban J connectivity index is 1.74.